The molecule has 2 atom stereocenters. The molecule has 2 aromatic carbocycles. The molecule has 0 unspecified atom stereocenters. The van der Waals surface area contributed by atoms with Crippen molar-refractivity contribution in [1.82, 2.24) is 0 Å². The van der Waals surface area contributed by atoms with Gasteiger partial charge in [-0.3, -0.25) is 9.59 Å². The minimum Gasteiger partial charge on any atom is -0.494 e. The van der Waals surface area contributed by atoms with Crippen LogP contribution < -0.4 is 19.3 Å². The molecule has 0 aliphatic carbocycles. The summed E-state index contributed by atoms with van der Waals surface area (Å²) in [6.45, 7) is 7.10. The predicted octanol–water partition coefficient (Wildman–Crippen LogP) is 3.41. The number of carbonyl (C=O) groups excluding carboxylic acids is 2. The molecule has 210 valence electrons. The van der Waals surface area contributed by atoms with Crippen LogP contribution in [0.3, 0.4) is 0 Å². The maximum absolute atomic E-state index is 13.3. The Balaban J connectivity index is 1.97. The summed E-state index contributed by atoms with van der Waals surface area (Å²) in [5, 5.41) is 0. The normalized spacial score (nSPS) is 12.9. The SMILES string of the molecule is CCCOc1ccc(C(=O)[C@@H](CCCC[C@@H](C[NH+](C)C)C(=O)c2ccc(OCCC)cc2)C[NH+](C)C)cc1. The lowest BCUT2D eigenvalue weighted by Gasteiger charge is -2.20. The zero-order chi connectivity index (χ0) is 27.9. The maximum Gasteiger partial charge on any atom is 0.171 e. The first-order valence-electron chi connectivity index (χ1n) is 14.4. The molecule has 0 radical (unpaired) electrons. The van der Waals surface area contributed by atoms with Gasteiger partial charge in [0.1, 0.15) is 11.5 Å². The van der Waals surface area contributed by atoms with Crippen molar-refractivity contribution >= 4 is 11.6 Å². The third-order valence-electron chi connectivity index (χ3n) is 6.63. The van der Waals surface area contributed by atoms with Crippen LogP contribution in [0.1, 0.15) is 73.1 Å². The quantitative estimate of drug-likeness (QED) is 0.218. The molecule has 38 heavy (non-hydrogen) atoms. The molecule has 0 amide bonds. The van der Waals surface area contributed by atoms with E-state index in [0.717, 1.165) is 74.2 Å². The Morgan fingerprint density at radius 3 is 1.26 bits per heavy atom. The Morgan fingerprint density at radius 1 is 0.632 bits per heavy atom. The summed E-state index contributed by atoms with van der Waals surface area (Å²) in [6.07, 6.45) is 5.43. The van der Waals surface area contributed by atoms with E-state index in [-0.39, 0.29) is 23.4 Å². The molecule has 0 aliphatic rings. The van der Waals surface area contributed by atoms with Crippen LogP contribution >= 0.6 is 0 Å². The molecular weight excluding hydrogens is 476 g/mol. The van der Waals surface area contributed by atoms with Crippen LogP contribution in [0, 0.1) is 11.8 Å². The van der Waals surface area contributed by atoms with E-state index < -0.39 is 0 Å². The van der Waals surface area contributed by atoms with Gasteiger partial charge in [-0.05, 0) is 74.2 Å². The minimum atomic E-state index is -0.0355. The van der Waals surface area contributed by atoms with Gasteiger partial charge in [0.2, 0.25) is 0 Å². The first kappa shape index (κ1) is 31.5. The van der Waals surface area contributed by atoms with E-state index in [2.05, 4.69) is 42.0 Å². The van der Waals surface area contributed by atoms with Crippen LogP contribution in [0.25, 0.3) is 0 Å². The van der Waals surface area contributed by atoms with Crippen LogP contribution in [0.2, 0.25) is 0 Å². The standard InChI is InChI=1S/C32H48N2O4/c1-7-21-37-29-17-13-25(14-18-29)31(35)27(23-33(3)4)11-9-10-12-28(24-34(5)6)32(36)26-15-19-30(20-16-26)38-22-8-2/h13-20,27-28H,7-12,21-24H2,1-6H3/p+2/t27-,28-/m0/s1. The Labute approximate surface area is 230 Å². The number of hydrogen-bond acceptors (Lipinski definition) is 4. The number of unbranched alkanes of at least 4 members (excludes halogenated alkanes) is 1. The van der Waals surface area contributed by atoms with E-state index >= 15 is 0 Å². The van der Waals surface area contributed by atoms with Crippen molar-refractivity contribution in [1.29, 1.82) is 0 Å². The van der Waals surface area contributed by atoms with Crippen molar-refractivity contribution in [2.45, 2.75) is 52.4 Å². The highest BCUT2D eigenvalue weighted by Crippen LogP contribution is 2.22. The molecule has 0 fully saturated rings. The summed E-state index contributed by atoms with van der Waals surface area (Å²) >= 11 is 0. The second-order valence-electron chi connectivity index (χ2n) is 11.0. The van der Waals surface area contributed by atoms with Gasteiger partial charge in [0.15, 0.2) is 11.6 Å². The summed E-state index contributed by atoms with van der Waals surface area (Å²) in [5.41, 5.74) is 1.49. The number of Topliss-reactive ketones (excluding diaryl/α,β-unsaturated/α-hetero) is 2. The van der Waals surface area contributed by atoms with Gasteiger partial charge in [0, 0.05) is 11.1 Å². The summed E-state index contributed by atoms with van der Waals surface area (Å²) in [5.74, 6) is 1.94. The van der Waals surface area contributed by atoms with Gasteiger partial charge in [-0.1, -0.05) is 26.7 Å². The maximum atomic E-state index is 13.3. The first-order valence-corrected chi connectivity index (χ1v) is 14.4. The van der Waals surface area contributed by atoms with Gasteiger partial charge in [-0.25, -0.2) is 0 Å². The number of rotatable bonds is 19. The van der Waals surface area contributed by atoms with Crippen molar-refractivity contribution in [2.24, 2.45) is 11.8 Å². The highest BCUT2D eigenvalue weighted by molar-refractivity contribution is 5.98. The molecule has 0 saturated heterocycles. The summed E-state index contributed by atoms with van der Waals surface area (Å²) < 4.78 is 11.3. The highest BCUT2D eigenvalue weighted by Gasteiger charge is 2.25. The average Bonchev–Trinajstić information content (AvgIpc) is 2.91. The fourth-order valence-corrected chi connectivity index (χ4v) is 4.76. The molecule has 0 aliphatic heterocycles. The van der Waals surface area contributed by atoms with Crippen LogP contribution in [-0.4, -0.2) is 66.1 Å². The predicted molar refractivity (Wildman–Crippen MR) is 154 cm³/mol. The fraction of sp³-hybridized carbons (Fsp3) is 0.562. The summed E-state index contributed by atoms with van der Waals surface area (Å²) in [4.78, 5) is 29.2. The Morgan fingerprint density at radius 2 is 0.974 bits per heavy atom. The number of quaternary nitrogens is 2. The van der Waals surface area contributed by atoms with Crippen molar-refractivity contribution in [3.8, 4) is 11.5 Å². The number of carbonyl (C=O) groups is 2. The first-order chi connectivity index (χ1) is 18.2. The van der Waals surface area contributed by atoms with Gasteiger partial charge in [0.25, 0.3) is 0 Å². The van der Waals surface area contributed by atoms with E-state index in [1.165, 1.54) is 9.80 Å². The molecule has 0 spiro atoms. The van der Waals surface area contributed by atoms with E-state index in [4.69, 9.17) is 9.47 Å². The Bertz CT molecular complexity index is 875. The second-order valence-corrected chi connectivity index (χ2v) is 11.0. The Hall–Kier alpha value is -2.70. The largest absolute Gasteiger partial charge is 0.494 e. The van der Waals surface area contributed by atoms with Gasteiger partial charge < -0.3 is 19.3 Å². The Kier molecular flexibility index (Phi) is 14.1. The summed E-state index contributed by atoms with van der Waals surface area (Å²) in [7, 11) is 8.37. The molecule has 0 heterocycles. The van der Waals surface area contributed by atoms with Gasteiger partial charge in [-0.2, -0.15) is 0 Å². The molecule has 0 saturated carbocycles. The topological polar surface area (TPSA) is 61.5 Å². The molecule has 6 nitrogen and oxygen atoms in total. The van der Waals surface area contributed by atoms with Gasteiger partial charge in [0.05, 0.1) is 66.3 Å². The lowest BCUT2D eigenvalue weighted by atomic mass is 9.88. The number of ether oxygens (including phenoxy) is 2. The third kappa shape index (κ3) is 11.0. The number of nitrogens with one attached hydrogen (secondary N) is 2. The molecule has 2 rings (SSSR count). The second kappa shape index (κ2) is 17.0. The van der Waals surface area contributed by atoms with Crippen molar-refractivity contribution in [3.05, 3.63) is 59.7 Å². The zero-order valence-corrected chi connectivity index (χ0v) is 24.5. The molecule has 2 aromatic rings. The molecule has 6 heteroatoms. The monoisotopic (exact) mass is 526 g/mol. The fourth-order valence-electron chi connectivity index (χ4n) is 4.76. The molecule has 2 N–H and O–H groups in total. The van der Waals surface area contributed by atoms with Crippen molar-refractivity contribution < 1.29 is 28.9 Å². The van der Waals surface area contributed by atoms with Crippen LogP contribution in [0.4, 0.5) is 0 Å². The minimum absolute atomic E-state index is 0.0355. The molecular formula is C32H50N2O4+2. The van der Waals surface area contributed by atoms with E-state index in [1.54, 1.807) is 0 Å². The lowest BCUT2D eigenvalue weighted by molar-refractivity contribution is -0.861. The average molecular weight is 527 g/mol. The number of ketones is 2. The van der Waals surface area contributed by atoms with Crippen LogP contribution in [-0.2, 0) is 0 Å². The van der Waals surface area contributed by atoms with Gasteiger partial charge >= 0.3 is 0 Å². The molecule has 0 bridgehead atoms. The highest BCUT2D eigenvalue weighted by atomic mass is 16.5. The van der Waals surface area contributed by atoms with Crippen LogP contribution in [0.15, 0.2) is 48.5 Å². The smallest absolute Gasteiger partial charge is 0.171 e. The molecule has 0 aromatic heterocycles. The van der Waals surface area contributed by atoms with E-state index in [0.29, 0.717) is 13.2 Å². The number of benzene rings is 2. The zero-order valence-electron chi connectivity index (χ0n) is 24.5. The van der Waals surface area contributed by atoms with E-state index in [9.17, 15) is 9.59 Å². The van der Waals surface area contributed by atoms with Crippen LogP contribution in [0.5, 0.6) is 11.5 Å². The number of hydrogen-bond donors (Lipinski definition) is 2. The summed E-state index contributed by atoms with van der Waals surface area (Å²) in [6, 6.07) is 15.1. The van der Waals surface area contributed by atoms with Crippen molar-refractivity contribution in [3.63, 3.8) is 0 Å². The lowest BCUT2D eigenvalue weighted by Crippen LogP contribution is -3.06. The van der Waals surface area contributed by atoms with Crippen molar-refractivity contribution in [2.75, 3.05) is 54.5 Å². The van der Waals surface area contributed by atoms with E-state index in [1.807, 2.05) is 48.5 Å². The third-order valence-corrected chi connectivity index (χ3v) is 6.63. The van der Waals surface area contributed by atoms with Gasteiger partial charge in [-0.15, -0.1) is 0 Å².